The Morgan fingerprint density at radius 3 is 3.30 bits per heavy atom. The smallest absolute Gasteiger partial charge is 0.130 e. The molecule has 52 valence electrons. The van der Waals surface area contributed by atoms with Crippen molar-refractivity contribution in [3.63, 3.8) is 0 Å². The molecule has 0 radical (unpaired) electrons. The van der Waals surface area contributed by atoms with Gasteiger partial charge in [-0.15, -0.1) is 0 Å². The first-order chi connectivity index (χ1) is 4.97. The Morgan fingerprint density at radius 2 is 2.40 bits per heavy atom. The highest BCUT2D eigenvalue weighted by Crippen LogP contribution is 2.19. The molecule has 10 heavy (non-hydrogen) atoms. The maximum Gasteiger partial charge on any atom is 0.130 e. The third-order valence-electron chi connectivity index (χ3n) is 1.53. The van der Waals surface area contributed by atoms with Gasteiger partial charge in [0.05, 0.1) is 19.5 Å². The number of hydrogen-bond acceptors (Lipinski definition) is 2. The van der Waals surface area contributed by atoms with E-state index >= 15 is 0 Å². The molecule has 2 heteroatoms. The van der Waals surface area contributed by atoms with Crippen LogP contribution < -0.4 is 0 Å². The fourth-order valence-corrected chi connectivity index (χ4v) is 1.03. The first-order valence-corrected chi connectivity index (χ1v) is 3.27. The maximum absolute atomic E-state index is 5.21. The minimum atomic E-state index is 0.667. The predicted molar refractivity (Wildman–Crippen MR) is 37.2 cm³/mol. The summed E-state index contributed by atoms with van der Waals surface area (Å²) in [5, 5.41) is 0. The normalized spacial score (nSPS) is 22.4. The van der Waals surface area contributed by atoms with Gasteiger partial charge in [-0.1, -0.05) is 0 Å². The van der Waals surface area contributed by atoms with Crippen LogP contribution in [0.5, 0.6) is 0 Å². The van der Waals surface area contributed by atoms with Gasteiger partial charge in [-0.3, -0.25) is 0 Å². The lowest BCUT2D eigenvalue weighted by Gasteiger charge is -2.17. The number of hydrogen-bond donors (Lipinski definition) is 0. The zero-order valence-corrected chi connectivity index (χ0v) is 5.54. The van der Waals surface area contributed by atoms with Crippen molar-refractivity contribution in [3.05, 3.63) is 35.8 Å². The highest BCUT2D eigenvalue weighted by Gasteiger charge is 2.11. The summed E-state index contributed by atoms with van der Waals surface area (Å²) >= 11 is 0. The standard InChI is InChI=1S/C8H8O2/c1-2-7-6-9-5-3-8(7)10-4-1/h1-4H,5-6H2. The van der Waals surface area contributed by atoms with E-state index in [9.17, 15) is 0 Å². The Labute approximate surface area is 59.4 Å². The predicted octanol–water partition coefficient (Wildman–Crippen LogP) is 1.37. The first-order valence-electron chi connectivity index (χ1n) is 3.27. The van der Waals surface area contributed by atoms with Crippen molar-refractivity contribution in [2.24, 2.45) is 0 Å². The summed E-state index contributed by atoms with van der Waals surface area (Å²) < 4.78 is 10.4. The monoisotopic (exact) mass is 136 g/mol. The summed E-state index contributed by atoms with van der Waals surface area (Å²) in [5.74, 6) is 0.953. The van der Waals surface area contributed by atoms with Crippen molar-refractivity contribution >= 4 is 0 Å². The Kier molecular flexibility index (Phi) is 1.32. The molecule has 0 fully saturated rings. The second kappa shape index (κ2) is 2.31. The fourth-order valence-electron chi connectivity index (χ4n) is 1.03. The van der Waals surface area contributed by atoms with Gasteiger partial charge in [-0.2, -0.15) is 0 Å². The molecular formula is C8H8O2. The number of ether oxygens (including phenoxy) is 2. The Hall–Kier alpha value is -1.02. The van der Waals surface area contributed by atoms with Gasteiger partial charge in [0.2, 0.25) is 0 Å². The lowest BCUT2D eigenvalue weighted by molar-refractivity contribution is 0.163. The minimum Gasteiger partial charge on any atom is -0.465 e. The largest absolute Gasteiger partial charge is 0.465 e. The minimum absolute atomic E-state index is 0.667. The van der Waals surface area contributed by atoms with Crippen LogP contribution in [0, 0.1) is 0 Å². The summed E-state index contributed by atoms with van der Waals surface area (Å²) in [5.41, 5.74) is 1.13. The molecule has 0 aromatic rings. The van der Waals surface area contributed by atoms with Crippen LogP contribution in [-0.4, -0.2) is 13.2 Å². The molecule has 0 spiro atoms. The van der Waals surface area contributed by atoms with Crippen LogP contribution in [0.4, 0.5) is 0 Å². The van der Waals surface area contributed by atoms with E-state index in [4.69, 9.17) is 9.47 Å². The molecule has 2 nitrogen and oxygen atoms in total. The van der Waals surface area contributed by atoms with Crippen molar-refractivity contribution in [3.8, 4) is 0 Å². The molecule has 0 unspecified atom stereocenters. The summed E-state index contributed by atoms with van der Waals surface area (Å²) in [7, 11) is 0. The maximum atomic E-state index is 5.21. The lowest BCUT2D eigenvalue weighted by Crippen LogP contribution is -2.10. The quantitative estimate of drug-likeness (QED) is 0.500. The highest BCUT2D eigenvalue weighted by atomic mass is 16.5. The summed E-state index contributed by atoms with van der Waals surface area (Å²) in [6, 6.07) is 0. The van der Waals surface area contributed by atoms with Crippen molar-refractivity contribution in [1.29, 1.82) is 0 Å². The molecule has 0 bridgehead atoms. The van der Waals surface area contributed by atoms with E-state index in [2.05, 4.69) is 0 Å². The van der Waals surface area contributed by atoms with E-state index < -0.39 is 0 Å². The lowest BCUT2D eigenvalue weighted by atomic mass is 10.1. The van der Waals surface area contributed by atoms with E-state index in [0.29, 0.717) is 13.2 Å². The molecule has 2 aliphatic heterocycles. The molecule has 0 N–H and O–H groups in total. The summed E-state index contributed by atoms with van der Waals surface area (Å²) in [4.78, 5) is 0. The van der Waals surface area contributed by atoms with Crippen LogP contribution in [0.3, 0.4) is 0 Å². The van der Waals surface area contributed by atoms with Gasteiger partial charge in [0.1, 0.15) is 5.76 Å². The van der Waals surface area contributed by atoms with E-state index in [1.807, 2.05) is 18.2 Å². The van der Waals surface area contributed by atoms with Gasteiger partial charge in [0.15, 0.2) is 0 Å². The molecule has 2 rings (SSSR count). The molecule has 0 amide bonds. The van der Waals surface area contributed by atoms with E-state index in [1.165, 1.54) is 0 Å². The van der Waals surface area contributed by atoms with E-state index in [-0.39, 0.29) is 0 Å². The zero-order valence-electron chi connectivity index (χ0n) is 5.54. The molecule has 2 heterocycles. The van der Waals surface area contributed by atoms with Crippen molar-refractivity contribution in [2.75, 3.05) is 13.2 Å². The van der Waals surface area contributed by atoms with Crippen LogP contribution in [-0.2, 0) is 9.47 Å². The molecule has 2 aliphatic rings. The van der Waals surface area contributed by atoms with Crippen LogP contribution in [0.25, 0.3) is 0 Å². The molecule has 0 aromatic heterocycles. The van der Waals surface area contributed by atoms with Gasteiger partial charge in [-0.25, -0.2) is 0 Å². The molecular weight excluding hydrogens is 128 g/mol. The van der Waals surface area contributed by atoms with Crippen LogP contribution in [0.15, 0.2) is 35.8 Å². The Balaban J connectivity index is 2.32. The summed E-state index contributed by atoms with van der Waals surface area (Å²) in [6.07, 6.45) is 7.51. The zero-order chi connectivity index (χ0) is 6.81. The molecule has 0 saturated heterocycles. The van der Waals surface area contributed by atoms with Gasteiger partial charge in [0, 0.05) is 5.57 Å². The number of fused-ring (bicyclic) bond motifs is 1. The average Bonchev–Trinajstić information content (AvgIpc) is 2.05. The average molecular weight is 136 g/mol. The third kappa shape index (κ3) is 0.866. The van der Waals surface area contributed by atoms with E-state index in [0.717, 1.165) is 11.3 Å². The fraction of sp³-hybridized carbons (Fsp3) is 0.250. The highest BCUT2D eigenvalue weighted by molar-refractivity contribution is 5.34. The van der Waals surface area contributed by atoms with Crippen LogP contribution in [0.2, 0.25) is 0 Å². The molecule has 0 aromatic carbocycles. The van der Waals surface area contributed by atoms with Crippen LogP contribution >= 0.6 is 0 Å². The van der Waals surface area contributed by atoms with Gasteiger partial charge >= 0.3 is 0 Å². The molecule has 0 aliphatic carbocycles. The number of rotatable bonds is 0. The topological polar surface area (TPSA) is 18.5 Å². The number of allylic oxidation sites excluding steroid dienone is 2. The SMILES string of the molecule is C1=COC2=CCOCC2=C1. The van der Waals surface area contributed by atoms with Crippen LogP contribution in [0.1, 0.15) is 0 Å². The Morgan fingerprint density at radius 1 is 1.40 bits per heavy atom. The molecule has 0 saturated carbocycles. The third-order valence-corrected chi connectivity index (χ3v) is 1.53. The van der Waals surface area contributed by atoms with E-state index in [1.54, 1.807) is 6.26 Å². The van der Waals surface area contributed by atoms with Crippen molar-refractivity contribution in [2.45, 2.75) is 0 Å². The van der Waals surface area contributed by atoms with Gasteiger partial charge in [-0.05, 0) is 18.2 Å². The second-order valence-corrected chi connectivity index (χ2v) is 2.22. The first kappa shape index (κ1) is 5.74. The molecule has 0 atom stereocenters. The van der Waals surface area contributed by atoms with Crippen molar-refractivity contribution < 1.29 is 9.47 Å². The van der Waals surface area contributed by atoms with Gasteiger partial charge < -0.3 is 9.47 Å². The second-order valence-electron chi connectivity index (χ2n) is 2.22. The van der Waals surface area contributed by atoms with Crippen molar-refractivity contribution in [1.82, 2.24) is 0 Å². The Bertz CT molecular complexity index is 223. The van der Waals surface area contributed by atoms with Gasteiger partial charge in [0.25, 0.3) is 0 Å². The summed E-state index contributed by atoms with van der Waals surface area (Å²) in [6.45, 7) is 1.34.